The van der Waals surface area contributed by atoms with Crippen molar-refractivity contribution in [1.29, 1.82) is 0 Å². The SMILES string of the molecule is COCCCOc1cc2c(cc1OC)-c1cc(=O)c(C(=O)O)cn1CC2C. The lowest BCUT2D eigenvalue weighted by atomic mass is 9.89. The van der Waals surface area contributed by atoms with Gasteiger partial charge in [-0.15, -0.1) is 0 Å². The van der Waals surface area contributed by atoms with Crippen molar-refractivity contribution >= 4 is 5.97 Å². The third kappa shape index (κ3) is 3.68. The average Bonchev–Trinajstić information content (AvgIpc) is 2.65. The molecule has 1 N–H and O–H groups in total. The highest BCUT2D eigenvalue weighted by molar-refractivity contribution is 5.87. The van der Waals surface area contributed by atoms with E-state index >= 15 is 0 Å². The Bertz CT molecular complexity index is 917. The van der Waals surface area contributed by atoms with E-state index in [1.165, 1.54) is 12.3 Å². The molecule has 0 aliphatic carbocycles. The minimum Gasteiger partial charge on any atom is -0.493 e. The summed E-state index contributed by atoms with van der Waals surface area (Å²) in [6.07, 6.45) is 2.18. The van der Waals surface area contributed by atoms with Crippen molar-refractivity contribution in [1.82, 2.24) is 4.57 Å². The van der Waals surface area contributed by atoms with Crippen LogP contribution in [-0.4, -0.2) is 43.1 Å². The summed E-state index contributed by atoms with van der Waals surface area (Å²) in [6, 6.07) is 5.18. The molecule has 0 fully saturated rings. The fraction of sp³-hybridized carbons (Fsp3) is 0.400. The quantitative estimate of drug-likeness (QED) is 0.751. The first-order valence-electron chi connectivity index (χ1n) is 8.78. The van der Waals surface area contributed by atoms with Crippen molar-refractivity contribution in [2.45, 2.75) is 25.8 Å². The van der Waals surface area contributed by atoms with E-state index in [0.717, 1.165) is 17.5 Å². The zero-order chi connectivity index (χ0) is 19.6. The molecule has 1 atom stereocenters. The van der Waals surface area contributed by atoms with Crippen LogP contribution in [0.15, 0.2) is 29.2 Å². The van der Waals surface area contributed by atoms with Gasteiger partial charge in [0, 0.05) is 44.5 Å². The molecule has 1 aliphatic rings. The van der Waals surface area contributed by atoms with Gasteiger partial charge >= 0.3 is 5.97 Å². The van der Waals surface area contributed by atoms with E-state index in [1.54, 1.807) is 14.2 Å². The van der Waals surface area contributed by atoms with E-state index in [-0.39, 0.29) is 11.5 Å². The molecule has 1 unspecified atom stereocenters. The average molecular weight is 373 g/mol. The van der Waals surface area contributed by atoms with Gasteiger partial charge in [-0.25, -0.2) is 4.79 Å². The summed E-state index contributed by atoms with van der Waals surface area (Å²) < 4.78 is 18.2. The van der Waals surface area contributed by atoms with E-state index < -0.39 is 11.4 Å². The maximum absolute atomic E-state index is 12.2. The molecule has 3 rings (SSSR count). The predicted molar refractivity (Wildman–Crippen MR) is 100 cm³/mol. The molecular weight excluding hydrogens is 350 g/mol. The van der Waals surface area contributed by atoms with E-state index in [9.17, 15) is 14.7 Å². The van der Waals surface area contributed by atoms with Gasteiger partial charge in [0.15, 0.2) is 16.9 Å². The van der Waals surface area contributed by atoms with Gasteiger partial charge in [0.25, 0.3) is 0 Å². The van der Waals surface area contributed by atoms with Crippen molar-refractivity contribution in [2.75, 3.05) is 27.4 Å². The number of aromatic carboxylic acids is 1. The number of ether oxygens (including phenoxy) is 3. The topological polar surface area (TPSA) is 87.0 Å². The summed E-state index contributed by atoms with van der Waals surface area (Å²) in [4.78, 5) is 23.5. The second-order valence-electron chi connectivity index (χ2n) is 6.58. The minimum absolute atomic E-state index is 0.129. The molecule has 0 radical (unpaired) electrons. The van der Waals surface area contributed by atoms with Gasteiger partial charge in [-0.05, 0) is 23.6 Å². The molecule has 2 heterocycles. The van der Waals surface area contributed by atoms with Crippen molar-refractivity contribution < 1.29 is 24.1 Å². The molecule has 0 bridgehead atoms. The molecule has 2 aromatic rings. The summed E-state index contributed by atoms with van der Waals surface area (Å²) in [6.45, 7) is 3.76. The van der Waals surface area contributed by atoms with Crippen molar-refractivity contribution in [3.05, 3.63) is 45.7 Å². The molecular formula is C20H23NO6. The number of fused-ring (bicyclic) bond motifs is 3. The fourth-order valence-electron chi connectivity index (χ4n) is 3.37. The third-order valence-corrected chi connectivity index (χ3v) is 4.72. The summed E-state index contributed by atoms with van der Waals surface area (Å²) in [5, 5.41) is 9.21. The summed E-state index contributed by atoms with van der Waals surface area (Å²) >= 11 is 0. The van der Waals surface area contributed by atoms with Crippen molar-refractivity contribution in [3.8, 4) is 22.8 Å². The Kier molecular flexibility index (Phi) is 5.51. The van der Waals surface area contributed by atoms with Crippen LogP contribution in [0.1, 0.15) is 35.2 Å². The molecule has 0 saturated heterocycles. The first-order chi connectivity index (χ1) is 13.0. The first kappa shape index (κ1) is 19.0. The number of benzene rings is 1. The Labute approximate surface area is 157 Å². The maximum atomic E-state index is 12.2. The minimum atomic E-state index is -1.22. The Morgan fingerprint density at radius 2 is 2.00 bits per heavy atom. The molecule has 1 aliphatic heterocycles. The van der Waals surface area contributed by atoms with E-state index in [0.29, 0.717) is 37.0 Å². The monoisotopic (exact) mass is 373 g/mol. The Hall–Kier alpha value is -2.80. The van der Waals surface area contributed by atoms with Crippen molar-refractivity contribution in [3.63, 3.8) is 0 Å². The second-order valence-corrected chi connectivity index (χ2v) is 6.58. The van der Waals surface area contributed by atoms with Crippen LogP contribution in [0.5, 0.6) is 11.5 Å². The van der Waals surface area contributed by atoms with Gasteiger partial charge in [0.1, 0.15) is 5.56 Å². The molecule has 1 aromatic heterocycles. The number of carbonyl (C=O) groups is 1. The molecule has 7 nitrogen and oxygen atoms in total. The molecule has 1 aromatic carbocycles. The number of carboxylic acid groups (broad SMARTS) is 1. The molecule has 27 heavy (non-hydrogen) atoms. The van der Waals surface area contributed by atoms with Crippen LogP contribution in [-0.2, 0) is 11.3 Å². The molecule has 0 amide bonds. The van der Waals surface area contributed by atoms with Crippen molar-refractivity contribution in [2.24, 2.45) is 0 Å². The van der Waals surface area contributed by atoms with Crippen LogP contribution in [0.25, 0.3) is 11.3 Å². The fourth-order valence-corrected chi connectivity index (χ4v) is 3.37. The van der Waals surface area contributed by atoms with Crippen LogP contribution in [0, 0.1) is 0 Å². The van der Waals surface area contributed by atoms with Gasteiger partial charge < -0.3 is 23.9 Å². The normalized spacial score (nSPS) is 15.0. The highest BCUT2D eigenvalue weighted by atomic mass is 16.5. The van der Waals surface area contributed by atoms with Crippen LogP contribution in [0.4, 0.5) is 0 Å². The summed E-state index contributed by atoms with van der Waals surface area (Å²) in [5.41, 5.74) is 1.85. The number of hydrogen-bond acceptors (Lipinski definition) is 5. The van der Waals surface area contributed by atoms with Crippen LogP contribution in [0.3, 0.4) is 0 Å². The maximum Gasteiger partial charge on any atom is 0.341 e. The van der Waals surface area contributed by atoms with Crippen LogP contribution in [0.2, 0.25) is 0 Å². The summed E-state index contributed by atoms with van der Waals surface area (Å²) in [7, 11) is 3.22. The first-order valence-corrected chi connectivity index (χ1v) is 8.78. The van der Waals surface area contributed by atoms with Gasteiger partial charge in [-0.2, -0.15) is 0 Å². The molecule has 0 spiro atoms. The second kappa shape index (κ2) is 7.84. The number of carboxylic acids is 1. The molecule has 7 heteroatoms. The van der Waals surface area contributed by atoms with Gasteiger partial charge in [0.05, 0.1) is 19.4 Å². The zero-order valence-corrected chi connectivity index (χ0v) is 15.7. The Morgan fingerprint density at radius 3 is 2.67 bits per heavy atom. The standard InChI is InChI=1S/C20H23NO6/c1-12-10-21-11-15(20(23)24)17(22)9-16(21)14-8-18(26-3)19(7-13(12)14)27-6-4-5-25-2/h7-9,11-12H,4-6,10H2,1-3H3,(H,23,24). The predicted octanol–water partition coefficient (Wildman–Crippen LogP) is 2.75. The van der Waals surface area contributed by atoms with Crippen LogP contribution < -0.4 is 14.9 Å². The lowest BCUT2D eigenvalue weighted by Crippen LogP contribution is -2.23. The number of nitrogens with zero attached hydrogens (tertiary/aromatic N) is 1. The zero-order valence-electron chi connectivity index (χ0n) is 15.7. The Balaban J connectivity index is 2.05. The van der Waals surface area contributed by atoms with Gasteiger partial charge in [-0.3, -0.25) is 4.79 Å². The molecule has 144 valence electrons. The van der Waals surface area contributed by atoms with E-state index in [4.69, 9.17) is 14.2 Å². The number of hydrogen-bond donors (Lipinski definition) is 1. The third-order valence-electron chi connectivity index (χ3n) is 4.72. The lowest BCUT2D eigenvalue weighted by molar-refractivity contribution is 0.0694. The molecule has 0 saturated carbocycles. The Morgan fingerprint density at radius 1 is 1.22 bits per heavy atom. The van der Waals surface area contributed by atoms with Crippen LogP contribution >= 0.6 is 0 Å². The smallest absolute Gasteiger partial charge is 0.341 e. The van der Waals surface area contributed by atoms with E-state index in [1.807, 2.05) is 16.7 Å². The largest absolute Gasteiger partial charge is 0.493 e. The highest BCUT2D eigenvalue weighted by Gasteiger charge is 2.26. The summed E-state index contributed by atoms with van der Waals surface area (Å²) in [5.74, 6) is 0.133. The number of rotatable bonds is 7. The number of methoxy groups -OCH3 is 2. The lowest BCUT2D eigenvalue weighted by Gasteiger charge is -2.28. The van der Waals surface area contributed by atoms with E-state index in [2.05, 4.69) is 6.92 Å². The number of aromatic nitrogens is 1. The van der Waals surface area contributed by atoms with Gasteiger partial charge in [-0.1, -0.05) is 6.92 Å². The number of pyridine rings is 1. The van der Waals surface area contributed by atoms with Gasteiger partial charge in [0.2, 0.25) is 0 Å². The highest BCUT2D eigenvalue weighted by Crippen LogP contribution is 2.42.